The molecule has 0 spiro atoms. The smallest absolute Gasteiger partial charge is 0.126 e. The number of benzene rings is 1. The number of aromatic amines is 1. The Morgan fingerprint density at radius 1 is 1.38 bits per heavy atom. The molecule has 152 valence electrons. The number of nitrogens with zero attached hydrogens (tertiary/aromatic N) is 3. The fourth-order valence-electron chi connectivity index (χ4n) is 3.64. The average molecular weight is 411 g/mol. The first-order valence-corrected chi connectivity index (χ1v) is 11.1. The maximum atomic E-state index is 13.7. The Hall–Kier alpha value is -2.31. The first kappa shape index (κ1) is 20.0. The highest BCUT2D eigenvalue weighted by molar-refractivity contribution is 7.99. The predicted octanol–water partition coefficient (Wildman–Crippen LogP) is 5.72. The number of halogens is 1. The lowest BCUT2D eigenvalue weighted by Crippen LogP contribution is -2.24. The van der Waals surface area contributed by atoms with Gasteiger partial charge < -0.3 is 4.98 Å². The molecular weight excluding hydrogens is 383 g/mol. The van der Waals surface area contributed by atoms with E-state index in [1.165, 1.54) is 17.2 Å². The summed E-state index contributed by atoms with van der Waals surface area (Å²) in [5, 5.41) is 5.17. The number of thioether (sulfide) groups is 1. The molecule has 1 N–H and O–H groups in total. The van der Waals surface area contributed by atoms with Gasteiger partial charge in [0.25, 0.3) is 0 Å². The summed E-state index contributed by atoms with van der Waals surface area (Å²) in [6.45, 7) is 8.20. The van der Waals surface area contributed by atoms with Crippen molar-refractivity contribution >= 4 is 11.8 Å². The number of hydrogen-bond donors (Lipinski definition) is 1. The molecule has 0 saturated carbocycles. The molecule has 1 aliphatic rings. The molecular formula is C23H27FN4S. The summed E-state index contributed by atoms with van der Waals surface area (Å²) in [4.78, 5) is 5.85. The van der Waals surface area contributed by atoms with Gasteiger partial charge in [0.05, 0.1) is 16.8 Å². The van der Waals surface area contributed by atoms with E-state index in [9.17, 15) is 4.39 Å². The number of nitrogens with one attached hydrogen (secondary N) is 1. The van der Waals surface area contributed by atoms with Gasteiger partial charge in [0.1, 0.15) is 11.5 Å². The second-order valence-electron chi connectivity index (χ2n) is 7.54. The van der Waals surface area contributed by atoms with E-state index in [2.05, 4.69) is 42.1 Å². The summed E-state index contributed by atoms with van der Waals surface area (Å²) in [7, 11) is 0. The van der Waals surface area contributed by atoms with Crippen molar-refractivity contribution in [2.45, 2.75) is 32.6 Å². The zero-order valence-electron chi connectivity index (χ0n) is 17.2. The zero-order valence-corrected chi connectivity index (χ0v) is 18.0. The maximum absolute atomic E-state index is 13.7. The molecule has 2 aromatic heterocycles. The molecule has 0 bridgehead atoms. The molecule has 1 aromatic carbocycles. The minimum atomic E-state index is -0.192. The highest BCUT2D eigenvalue weighted by Gasteiger charge is 2.31. The summed E-state index contributed by atoms with van der Waals surface area (Å²) in [5.41, 5.74) is 6.10. The van der Waals surface area contributed by atoms with Crippen LogP contribution in [-0.2, 0) is 0 Å². The van der Waals surface area contributed by atoms with Crippen LogP contribution in [0.4, 0.5) is 4.39 Å². The number of aryl methyl sites for hydroxylation is 1. The Bertz CT molecular complexity index is 1010. The normalized spacial score (nSPS) is 17.9. The SMILES string of the molecule is C/C=C(\C)CCN1CCSC1c1cn(-c2ccc(F)c(C)c2)nc1-c1ccc[nH]1. The van der Waals surface area contributed by atoms with E-state index in [0.29, 0.717) is 5.56 Å². The van der Waals surface area contributed by atoms with Crippen LogP contribution in [0.15, 0.2) is 54.4 Å². The van der Waals surface area contributed by atoms with Crippen molar-refractivity contribution < 1.29 is 4.39 Å². The Balaban J connectivity index is 1.71. The number of H-pyrrole nitrogens is 1. The molecule has 0 aliphatic carbocycles. The fraction of sp³-hybridized carbons (Fsp3) is 0.348. The predicted molar refractivity (Wildman–Crippen MR) is 119 cm³/mol. The molecule has 6 heteroatoms. The van der Waals surface area contributed by atoms with Crippen molar-refractivity contribution in [3.8, 4) is 17.1 Å². The van der Waals surface area contributed by atoms with E-state index < -0.39 is 0 Å². The summed E-state index contributed by atoms with van der Waals surface area (Å²) >= 11 is 1.97. The lowest BCUT2D eigenvalue weighted by Gasteiger charge is -2.23. The summed E-state index contributed by atoms with van der Waals surface area (Å²) in [6.07, 6.45) is 7.31. The maximum Gasteiger partial charge on any atom is 0.126 e. The Kier molecular flexibility index (Phi) is 5.92. The summed E-state index contributed by atoms with van der Waals surface area (Å²) < 4.78 is 15.6. The first-order valence-electron chi connectivity index (χ1n) is 10.0. The van der Waals surface area contributed by atoms with Crippen molar-refractivity contribution in [1.29, 1.82) is 0 Å². The number of aromatic nitrogens is 3. The number of rotatable bonds is 6. The van der Waals surface area contributed by atoms with Crippen LogP contribution in [0.3, 0.4) is 0 Å². The van der Waals surface area contributed by atoms with Gasteiger partial charge in [-0.3, -0.25) is 4.90 Å². The third kappa shape index (κ3) is 4.19. The summed E-state index contributed by atoms with van der Waals surface area (Å²) in [5.74, 6) is 0.924. The van der Waals surface area contributed by atoms with Gasteiger partial charge in [0, 0.05) is 36.8 Å². The molecule has 0 radical (unpaired) electrons. The quantitative estimate of drug-likeness (QED) is 0.528. The van der Waals surface area contributed by atoms with Gasteiger partial charge in [-0.15, -0.1) is 11.8 Å². The average Bonchev–Trinajstić information content (AvgIpc) is 3.47. The molecule has 1 unspecified atom stereocenters. The minimum Gasteiger partial charge on any atom is -0.360 e. The third-order valence-electron chi connectivity index (χ3n) is 5.54. The standard InChI is InChI=1S/C23H27FN4S/c1-4-16(2)9-11-27-12-13-29-23(27)19-15-28(18-7-8-20(24)17(3)14-18)26-22(19)21-6-5-10-25-21/h4-8,10,14-15,23,25H,9,11-13H2,1-3H3/b16-4+. The van der Waals surface area contributed by atoms with Crippen LogP contribution in [0.25, 0.3) is 17.1 Å². The van der Waals surface area contributed by atoms with Crippen LogP contribution in [0, 0.1) is 12.7 Å². The lowest BCUT2D eigenvalue weighted by molar-refractivity contribution is 0.294. The molecule has 1 aliphatic heterocycles. The van der Waals surface area contributed by atoms with Crippen LogP contribution in [0.1, 0.15) is 36.8 Å². The molecule has 3 aromatic rings. The summed E-state index contributed by atoms with van der Waals surface area (Å²) in [6, 6.07) is 9.19. The largest absolute Gasteiger partial charge is 0.360 e. The van der Waals surface area contributed by atoms with E-state index in [0.717, 1.165) is 42.3 Å². The van der Waals surface area contributed by atoms with Gasteiger partial charge in [-0.25, -0.2) is 9.07 Å². The second kappa shape index (κ2) is 8.59. The van der Waals surface area contributed by atoms with Gasteiger partial charge in [-0.1, -0.05) is 11.6 Å². The van der Waals surface area contributed by atoms with Crippen molar-refractivity contribution in [3.63, 3.8) is 0 Å². The van der Waals surface area contributed by atoms with E-state index in [1.54, 1.807) is 13.0 Å². The zero-order chi connectivity index (χ0) is 20.4. The minimum absolute atomic E-state index is 0.192. The Labute approximate surface area is 175 Å². The molecule has 4 nitrogen and oxygen atoms in total. The van der Waals surface area contributed by atoms with Crippen molar-refractivity contribution in [1.82, 2.24) is 19.7 Å². The molecule has 4 rings (SSSR count). The van der Waals surface area contributed by atoms with E-state index in [-0.39, 0.29) is 11.2 Å². The van der Waals surface area contributed by atoms with Gasteiger partial charge in [0.2, 0.25) is 0 Å². The molecule has 0 amide bonds. The van der Waals surface area contributed by atoms with E-state index in [1.807, 2.05) is 34.8 Å². The highest BCUT2D eigenvalue weighted by atomic mass is 32.2. The Morgan fingerprint density at radius 2 is 2.24 bits per heavy atom. The van der Waals surface area contributed by atoms with Crippen LogP contribution >= 0.6 is 11.8 Å². The first-order chi connectivity index (χ1) is 14.1. The molecule has 1 fully saturated rings. The highest BCUT2D eigenvalue weighted by Crippen LogP contribution is 2.42. The molecule has 1 saturated heterocycles. The third-order valence-corrected chi connectivity index (χ3v) is 6.83. The van der Waals surface area contributed by atoms with Crippen LogP contribution in [0.2, 0.25) is 0 Å². The fourth-order valence-corrected chi connectivity index (χ4v) is 4.98. The van der Waals surface area contributed by atoms with Crippen molar-refractivity contribution in [3.05, 3.63) is 71.3 Å². The van der Waals surface area contributed by atoms with Crippen LogP contribution in [-0.4, -0.2) is 38.5 Å². The van der Waals surface area contributed by atoms with Gasteiger partial charge >= 0.3 is 0 Å². The van der Waals surface area contributed by atoms with E-state index >= 15 is 0 Å². The Morgan fingerprint density at radius 3 is 2.97 bits per heavy atom. The number of allylic oxidation sites excluding steroid dienone is 1. The topological polar surface area (TPSA) is 36.9 Å². The molecule has 3 heterocycles. The van der Waals surface area contributed by atoms with E-state index in [4.69, 9.17) is 5.10 Å². The van der Waals surface area contributed by atoms with Crippen molar-refractivity contribution in [2.24, 2.45) is 0 Å². The molecule has 1 atom stereocenters. The lowest BCUT2D eigenvalue weighted by atomic mass is 10.1. The second-order valence-corrected chi connectivity index (χ2v) is 8.73. The van der Waals surface area contributed by atoms with Gasteiger partial charge in [-0.2, -0.15) is 5.10 Å². The van der Waals surface area contributed by atoms with Crippen molar-refractivity contribution in [2.75, 3.05) is 18.8 Å². The monoisotopic (exact) mass is 410 g/mol. The van der Waals surface area contributed by atoms with Gasteiger partial charge in [-0.05, 0) is 63.1 Å². The van der Waals surface area contributed by atoms with Crippen LogP contribution < -0.4 is 0 Å². The molecule has 29 heavy (non-hydrogen) atoms. The number of hydrogen-bond acceptors (Lipinski definition) is 3. The van der Waals surface area contributed by atoms with Crippen LogP contribution in [0.5, 0.6) is 0 Å². The van der Waals surface area contributed by atoms with Gasteiger partial charge in [0.15, 0.2) is 0 Å².